The first-order valence-electron chi connectivity index (χ1n) is 8.62. The molecule has 130 valence electrons. The molecule has 2 aromatic carbocycles. The van der Waals surface area contributed by atoms with Gasteiger partial charge in [0.1, 0.15) is 0 Å². The summed E-state index contributed by atoms with van der Waals surface area (Å²) in [6.07, 6.45) is 0. The average molecular weight is 338 g/mol. The molecule has 0 aromatic heterocycles. The summed E-state index contributed by atoms with van der Waals surface area (Å²) in [4.78, 5) is 25.3. The summed E-state index contributed by atoms with van der Waals surface area (Å²) in [6, 6.07) is 19.3. The van der Waals surface area contributed by atoms with Gasteiger partial charge in [-0.1, -0.05) is 60.7 Å². The van der Waals surface area contributed by atoms with Crippen LogP contribution in [0.1, 0.15) is 25.0 Å². The summed E-state index contributed by atoms with van der Waals surface area (Å²) < 4.78 is 10.6. The van der Waals surface area contributed by atoms with Gasteiger partial charge >= 0.3 is 11.9 Å². The van der Waals surface area contributed by atoms with E-state index in [-0.39, 0.29) is 25.2 Å². The van der Waals surface area contributed by atoms with Crippen molar-refractivity contribution in [2.45, 2.75) is 19.3 Å². The van der Waals surface area contributed by atoms with E-state index in [2.05, 4.69) is 0 Å². The van der Waals surface area contributed by atoms with Gasteiger partial charge < -0.3 is 9.47 Å². The van der Waals surface area contributed by atoms with Crippen molar-refractivity contribution in [3.8, 4) is 0 Å². The van der Waals surface area contributed by atoms with Crippen LogP contribution in [-0.4, -0.2) is 25.2 Å². The van der Waals surface area contributed by atoms with E-state index in [1.54, 1.807) is 13.8 Å². The van der Waals surface area contributed by atoms with Gasteiger partial charge in [-0.2, -0.15) is 0 Å². The minimum Gasteiger partial charge on any atom is -0.466 e. The fourth-order valence-electron chi connectivity index (χ4n) is 3.81. The number of benzene rings is 2. The molecule has 1 saturated carbocycles. The van der Waals surface area contributed by atoms with Gasteiger partial charge in [-0.25, -0.2) is 0 Å². The largest absolute Gasteiger partial charge is 0.466 e. The molecule has 0 heterocycles. The number of carbonyl (C=O) groups is 2. The second-order valence-electron chi connectivity index (χ2n) is 6.06. The van der Waals surface area contributed by atoms with E-state index in [1.807, 2.05) is 60.7 Å². The van der Waals surface area contributed by atoms with Crippen LogP contribution in [0.2, 0.25) is 0 Å². The van der Waals surface area contributed by atoms with Gasteiger partial charge in [-0.3, -0.25) is 9.59 Å². The monoisotopic (exact) mass is 338 g/mol. The fourth-order valence-corrected chi connectivity index (χ4v) is 3.81. The minimum atomic E-state index is -0.735. The molecule has 0 radical (unpaired) electrons. The van der Waals surface area contributed by atoms with Crippen molar-refractivity contribution >= 4 is 11.9 Å². The van der Waals surface area contributed by atoms with E-state index >= 15 is 0 Å². The van der Waals surface area contributed by atoms with Crippen LogP contribution in [0, 0.1) is 11.8 Å². The predicted molar refractivity (Wildman–Crippen MR) is 93.9 cm³/mol. The summed E-state index contributed by atoms with van der Waals surface area (Å²) in [5, 5.41) is 0. The lowest BCUT2D eigenvalue weighted by Crippen LogP contribution is -2.20. The Hall–Kier alpha value is -2.62. The maximum absolute atomic E-state index is 12.7. The molecule has 2 aromatic rings. The zero-order valence-electron chi connectivity index (χ0n) is 14.5. The van der Waals surface area contributed by atoms with Crippen molar-refractivity contribution in [1.29, 1.82) is 0 Å². The van der Waals surface area contributed by atoms with Crippen LogP contribution in [0.5, 0.6) is 0 Å². The second-order valence-corrected chi connectivity index (χ2v) is 6.06. The van der Waals surface area contributed by atoms with Gasteiger partial charge in [0, 0.05) is 5.41 Å². The van der Waals surface area contributed by atoms with Crippen LogP contribution >= 0.6 is 0 Å². The highest BCUT2D eigenvalue weighted by molar-refractivity contribution is 5.94. The molecular weight excluding hydrogens is 316 g/mol. The number of hydrogen-bond acceptors (Lipinski definition) is 4. The van der Waals surface area contributed by atoms with Gasteiger partial charge in [0.15, 0.2) is 0 Å². The number of hydrogen-bond donors (Lipinski definition) is 0. The highest BCUT2D eigenvalue weighted by atomic mass is 16.5. The standard InChI is InChI=1S/C21H22O4/c1-3-24-19(22)17-18(20(23)25-4-2)21(17,15-11-7-5-8-12-15)16-13-9-6-10-14-16/h5-14,17-18H,3-4H2,1-2H3/t17-,18-/m1/s1. The number of rotatable bonds is 6. The molecule has 0 amide bonds. The van der Waals surface area contributed by atoms with Crippen molar-refractivity contribution in [3.63, 3.8) is 0 Å². The van der Waals surface area contributed by atoms with E-state index in [1.165, 1.54) is 0 Å². The average Bonchev–Trinajstić information content (AvgIpc) is 3.35. The van der Waals surface area contributed by atoms with Gasteiger partial charge in [-0.15, -0.1) is 0 Å². The topological polar surface area (TPSA) is 52.6 Å². The van der Waals surface area contributed by atoms with E-state index in [9.17, 15) is 9.59 Å². The van der Waals surface area contributed by atoms with Gasteiger partial charge in [0.2, 0.25) is 0 Å². The Morgan fingerprint density at radius 3 is 1.44 bits per heavy atom. The first-order chi connectivity index (χ1) is 12.2. The first kappa shape index (κ1) is 17.2. The molecule has 0 spiro atoms. The van der Waals surface area contributed by atoms with Crippen LogP contribution in [-0.2, 0) is 24.5 Å². The van der Waals surface area contributed by atoms with Crippen LogP contribution in [0.25, 0.3) is 0 Å². The number of ether oxygens (including phenoxy) is 2. The zero-order valence-corrected chi connectivity index (χ0v) is 14.5. The fraction of sp³-hybridized carbons (Fsp3) is 0.333. The molecule has 2 atom stereocenters. The summed E-state index contributed by atoms with van der Waals surface area (Å²) in [5.74, 6) is -1.85. The van der Waals surface area contributed by atoms with E-state index < -0.39 is 17.3 Å². The summed E-state index contributed by atoms with van der Waals surface area (Å²) >= 11 is 0. The highest BCUT2D eigenvalue weighted by Crippen LogP contribution is 2.64. The van der Waals surface area contributed by atoms with E-state index in [0.717, 1.165) is 11.1 Å². The summed E-state index contributed by atoms with van der Waals surface area (Å²) in [6.45, 7) is 4.10. The summed E-state index contributed by atoms with van der Waals surface area (Å²) in [7, 11) is 0. The third-order valence-corrected chi connectivity index (χ3v) is 4.79. The predicted octanol–water partition coefficient (Wildman–Crippen LogP) is 3.34. The van der Waals surface area contributed by atoms with Gasteiger partial charge in [0.05, 0.1) is 25.0 Å². The molecule has 0 bridgehead atoms. The maximum Gasteiger partial charge on any atom is 0.311 e. The third kappa shape index (κ3) is 2.82. The Labute approximate surface area is 147 Å². The lowest BCUT2D eigenvalue weighted by molar-refractivity contribution is -0.150. The number of carbonyl (C=O) groups excluding carboxylic acids is 2. The second kappa shape index (κ2) is 7.09. The van der Waals surface area contributed by atoms with Crippen molar-refractivity contribution in [3.05, 3.63) is 71.8 Å². The Kier molecular flexibility index (Phi) is 4.88. The summed E-state index contributed by atoms with van der Waals surface area (Å²) in [5.41, 5.74) is 1.12. The molecule has 1 fully saturated rings. The smallest absolute Gasteiger partial charge is 0.311 e. The minimum absolute atomic E-state index is 0.282. The van der Waals surface area contributed by atoms with Crippen LogP contribution < -0.4 is 0 Å². The van der Waals surface area contributed by atoms with Crippen LogP contribution in [0.15, 0.2) is 60.7 Å². The third-order valence-electron chi connectivity index (χ3n) is 4.79. The van der Waals surface area contributed by atoms with Crippen LogP contribution in [0.4, 0.5) is 0 Å². The van der Waals surface area contributed by atoms with Gasteiger partial charge in [-0.05, 0) is 25.0 Å². The van der Waals surface area contributed by atoms with Crippen molar-refractivity contribution < 1.29 is 19.1 Å². The Balaban J connectivity index is 2.15. The van der Waals surface area contributed by atoms with Crippen molar-refractivity contribution in [2.24, 2.45) is 11.8 Å². The molecule has 0 N–H and O–H groups in total. The molecule has 1 aliphatic rings. The molecule has 4 heteroatoms. The Morgan fingerprint density at radius 2 is 1.12 bits per heavy atom. The lowest BCUT2D eigenvalue weighted by atomic mass is 9.84. The normalized spacial score (nSPS) is 20.6. The van der Waals surface area contributed by atoms with E-state index in [0.29, 0.717) is 0 Å². The number of esters is 2. The SMILES string of the molecule is CCOC(=O)[C@H]1[C@H](C(=O)OCC)C1(c1ccccc1)c1ccccc1. The lowest BCUT2D eigenvalue weighted by Gasteiger charge is -2.19. The molecule has 0 aliphatic heterocycles. The quantitative estimate of drug-likeness (QED) is 0.758. The van der Waals surface area contributed by atoms with Crippen molar-refractivity contribution in [2.75, 3.05) is 13.2 Å². The molecule has 0 unspecified atom stereocenters. The first-order valence-corrected chi connectivity index (χ1v) is 8.62. The Morgan fingerprint density at radius 1 is 0.760 bits per heavy atom. The maximum atomic E-state index is 12.7. The molecule has 4 nitrogen and oxygen atoms in total. The van der Waals surface area contributed by atoms with Crippen molar-refractivity contribution in [1.82, 2.24) is 0 Å². The zero-order chi connectivity index (χ0) is 17.9. The molecule has 1 aliphatic carbocycles. The molecule has 25 heavy (non-hydrogen) atoms. The molecule has 0 saturated heterocycles. The highest BCUT2D eigenvalue weighted by Gasteiger charge is 2.74. The molecule has 3 rings (SSSR count). The van der Waals surface area contributed by atoms with Gasteiger partial charge in [0.25, 0.3) is 0 Å². The van der Waals surface area contributed by atoms with Crippen LogP contribution in [0.3, 0.4) is 0 Å². The Bertz CT molecular complexity index is 674. The molecular formula is C21H22O4. The van der Waals surface area contributed by atoms with E-state index in [4.69, 9.17) is 9.47 Å².